The highest BCUT2D eigenvalue weighted by Gasteiger charge is 2.40. The van der Waals surface area contributed by atoms with Crippen LogP contribution in [-0.4, -0.2) is 64.3 Å². The first-order valence-electron chi connectivity index (χ1n) is 11.2. The molecule has 2 aliphatic rings. The van der Waals surface area contributed by atoms with E-state index in [0.717, 1.165) is 41.4 Å². The summed E-state index contributed by atoms with van der Waals surface area (Å²) in [6.45, 7) is 1.05. The molecule has 0 aromatic heterocycles. The van der Waals surface area contributed by atoms with Gasteiger partial charge in [0.05, 0.1) is 16.3 Å². The molecule has 2 heterocycles. The van der Waals surface area contributed by atoms with Crippen molar-refractivity contribution in [2.75, 3.05) is 43.5 Å². The first-order chi connectivity index (χ1) is 15.8. The van der Waals surface area contributed by atoms with Gasteiger partial charge in [0.15, 0.2) is 0 Å². The third-order valence-corrected chi connectivity index (χ3v) is 8.07. The lowest BCUT2D eigenvalue weighted by atomic mass is 9.96. The Labute approximate surface area is 195 Å². The Balaban J connectivity index is 1.58. The molecule has 2 amide bonds. The van der Waals surface area contributed by atoms with Gasteiger partial charge >= 0.3 is 0 Å². The molecule has 2 aromatic carbocycles. The number of fused-ring (bicyclic) bond motifs is 3. The van der Waals surface area contributed by atoms with Crippen LogP contribution in [0.15, 0.2) is 53.4 Å². The number of benzene rings is 2. The Bertz CT molecular complexity index is 1130. The number of amides is 2. The molecule has 4 rings (SSSR count). The molecule has 8 nitrogen and oxygen atoms in total. The SMILES string of the molecule is CN(C)S(=O)(=O)c1ccc2c(c1)N(CC(=O)NCCc1ccccc1)C(=O)[C@H]1CCCCN21. The van der Waals surface area contributed by atoms with Crippen molar-refractivity contribution in [3.63, 3.8) is 0 Å². The summed E-state index contributed by atoms with van der Waals surface area (Å²) in [6, 6.07) is 14.4. The first-order valence-corrected chi connectivity index (χ1v) is 12.7. The van der Waals surface area contributed by atoms with Gasteiger partial charge in [0.25, 0.3) is 0 Å². The lowest BCUT2D eigenvalue weighted by molar-refractivity contribution is -0.124. The molecule has 2 aromatic rings. The van der Waals surface area contributed by atoms with Crippen molar-refractivity contribution in [3.8, 4) is 0 Å². The molecule has 176 valence electrons. The van der Waals surface area contributed by atoms with Crippen molar-refractivity contribution in [1.82, 2.24) is 9.62 Å². The van der Waals surface area contributed by atoms with Gasteiger partial charge in [-0.2, -0.15) is 0 Å². The summed E-state index contributed by atoms with van der Waals surface area (Å²) in [5.41, 5.74) is 2.39. The largest absolute Gasteiger partial charge is 0.358 e. The van der Waals surface area contributed by atoms with Gasteiger partial charge in [-0.05, 0) is 49.4 Å². The zero-order chi connectivity index (χ0) is 23.6. The van der Waals surface area contributed by atoms with Gasteiger partial charge in [0.2, 0.25) is 21.8 Å². The number of piperidine rings is 1. The number of rotatable bonds is 7. The second-order valence-corrected chi connectivity index (χ2v) is 10.8. The van der Waals surface area contributed by atoms with Gasteiger partial charge in [0.1, 0.15) is 12.6 Å². The van der Waals surface area contributed by atoms with Gasteiger partial charge in [-0.15, -0.1) is 0 Å². The number of nitrogens with zero attached hydrogens (tertiary/aromatic N) is 3. The van der Waals surface area contributed by atoms with Crippen LogP contribution in [0.5, 0.6) is 0 Å². The average molecular weight is 471 g/mol. The number of carbonyl (C=O) groups excluding carboxylic acids is 2. The highest BCUT2D eigenvalue weighted by molar-refractivity contribution is 7.89. The number of hydrogen-bond acceptors (Lipinski definition) is 5. The predicted octanol–water partition coefficient (Wildman–Crippen LogP) is 2.00. The molecule has 0 spiro atoms. The van der Waals surface area contributed by atoms with Crippen LogP contribution >= 0.6 is 0 Å². The van der Waals surface area contributed by atoms with Crippen molar-refractivity contribution in [2.24, 2.45) is 0 Å². The predicted molar refractivity (Wildman–Crippen MR) is 128 cm³/mol. The molecule has 9 heteroatoms. The van der Waals surface area contributed by atoms with E-state index >= 15 is 0 Å². The molecule has 0 saturated carbocycles. The molecular weight excluding hydrogens is 440 g/mol. The quantitative estimate of drug-likeness (QED) is 0.669. The van der Waals surface area contributed by atoms with Crippen LogP contribution in [0.1, 0.15) is 24.8 Å². The summed E-state index contributed by atoms with van der Waals surface area (Å²) in [4.78, 5) is 29.8. The van der Waals surface area contributed by atoms with Crippen LogP contribution in [0.3, 0.4) is 0 Å². The summed E-state index contributed by atoms with van der Waals surface area (Å²) in [5.74, 6) is -0.421. The fourth-order valence-electron chi connectivity index (χ4n) is 4.46. The standard InChI is InChI=1S/C24H30N4O4S/c1-26(2)33(31,32)19-11-12-20-22(16-19)28(24(30)21-10-6-7-15-27(20)21)17-23(29)25-14-13-18-8-4-3-5-9-18/h3-5,8-9,11-12,16,21H,6-7,10,13-15,17H2,1-2H3,(H,25,29)/t21-/m1/s1. The monoisotopic (exact) mass is 470 g/mol. The molecule has 0 aliphatic carbocycles. The van der Waals surface area contributed by atoms with Gasteiger partial charge in [-0.1, -0.05) is 30.3 Å². The summed E-state index contributed by atoms with van der Waals surface area (Å²) < 4.78 is 26.6. The molecule has 0 bridgehead atoms. The van der Waals surface area contributed by atoms with E-state index in [4.69, 9.17) is 0 Å². The van der Waals surface area contributed by atoms with Crippen molar-refractivity contribution in [3.05, 3.63) is 54.1 Å². The topological polar surface area (TPSA) is 90.0 Å². The minimum Gasteiger partial charge on any atom is -0.358 e. The lowest BCUT2D eigenvalue weighted by Crippen LogP contribution is -2.57. The highest BCUT2D eigenvalue weighted by Crippen LogP contribution is 2.40. The van der Waals surface area contributed by atoms with Crippen LogP contribution in [0.25, 0.3) is 0 Å². The normalized spacial score (nSPS) is 18.2. The van der Waals surface area contributed by atoms with Crippen molar-refractivity contribution in [2.45, 2.75) is 36.6 Å². The number of sulfonamides is 1. The highest BCUT2D eigenvalue weighted by atomic mass is 32.2. The second kappa shape index (κ2) is 9.52. The maximum Gasteiger partial charge on any atom is 0.250 e. The Morgan fingerprint density at radius 2 is 1.85 bits per heavy atom. The van der Waals surface area contributed by atoms with E-state index in [1.54, 1.807) is 12.1 Å². The summed E-state index contributed by atoms with van der Waals surface area (Å²) in [5, 5.41) is 2.89. The zero-order valence-corrected chi connectivity index (χ0v) is 19.8. The van der Waals surface area contributed by atoms with Crippen molar-refractivity contribution in [1.29, 1.82) is 0 Å². The van der Waals surface area contributed by atoms with Crippen LogP contribution in [-0.2, 0) is 26.0 Å². The number of hydrogen-bond donors (Lipinski definition) is 1. The molecule has 1 atom stereocenters. The molecular formula is C24H30N4O4S. The minimum atomic E-state index is -3.68. The molecule has 1 fully saturated rings. The van der Waals surface area contributed by atoms with E-state index in [-0.39, 0.29) is 29.3 Å². The number of anilines is 2. The fraction of sp³-hybridized carbons (Fsp3) is 0.417. The fourth-order valence-corrected chi connectivity index (χ4v) is 5.38. The number of carbonyl (C=O) groups is 2. The molecule has 0 radical (unpaired) electrons. The Hall–Kier alpha value is -2.91. The second-order valence-electron chi connectivity index (χ2n) is 8.65. The molecule has 1 N–H and O–H groups in total. The molecule has 1 saturated heterocycles. The molecule has 0 unspecified atom stereocenters. The van der Waals surface area contributed by atoms with Gasteiger partial charge < -0.3 is 10.2 Å². The van der Waals surface area contributed by atoms with Crippen molar-refractivity contribution >= 4 is 33.2 Å². The van der Waals surface area contributed by atoms with Crippen LogP contribution in [0, 0.1) is 0 Å². The van der Waals surface area contributed by atoms with Crippen LogP contribution in [0.2, 0.25) is 0 Å². The summed E-state index contributed by atoms with van der Waals surface area (Å²) in [7, 11) is -0.736. The number of nitrogens with one attached hydrogen (secondary N) is 1. The van der Waals surface area contributed by atoms with Gasteiger partial charge in [-0.3, -0.25) is 14.5 Å². The van der Waals surface area contributed by atoms with E-state index in [2.05, 4.69) is 10.2 Å². The van der Waals surface area contributed by atoms with Gasteiger partial charge in [0, 0.05) is 27.2 Å². The smallest absolute Gasteiger partial charge is 0.250 e. The maximum atomic E-state index is 13.4. The van der Waals surface area contributed by atoms with E-state index < -0.39 is 10.0 Å². The molecule has 2 aliphatic heterocycles. The molecule has 33 heavy (non-hydrogen) atoms. The average Bonchev–Trinajstić information content (AvgIpc) is 2.82. The summed E-state index contributed by atoms with van der Waals surface area (Å²) in [6.07, 6.45) is 3.34. The third kappa shape index (κ3) is 4.74. The van der Waals surface area contributed by atoms with Crippen LogP contribution < -0.4 is 15.1 Å². The Kier molecular flexibility index (Phi) is 6.71. The Morgan fingerprint density at radius 1 is 1.09 bits per heavy atom. The minimum absolute atomic E-state index is 0.101. The first kappa shape index (κ1) is 23.3. The van der Waals surface area contributed by atoms with Crippen LogP contribution in [0.4, 0.5) is 11.4 Å². The van der Waals surface area contributed by atoms with Gasteiger partial charge in [-0.25, -0.2) is 12.7 Å². The van der Waals surface area contributed by atoms with Crippen molar-refractivity contribution < 1.29 is 18.0 Å². The third-order valence-electron chi connectivity index (χ3n) is 6.26. The zero-order valence-electron chi connectivity index (χ0n) is 19.0. The van der Waals surface area contributed by atoms with E-state index in [1.807, 2.05) is 30.3 Å². The maximum absolute atomic E-state index is 13.4. The van der Waals surface area contributed by atoms with E-state index in [0.29, 0.717) is 18.7 Å². The van der Waals surface area contributed by atoms with E-state index in [1.165, 1.54) is 25.1 Å². The summed E-state index contributed by atoms with van der Waals surface area (Å²) >= 11 is 0. The Morgan fingerprint density at radius 3 is 2.58 bits per heavy atom. The lowest BCUT2D eigenvalue weighted by Gasteiger charge is -2.45. The van der Waals surface area contributed by atoms with E-state index in [9.17, 15) is 18.0 Å².